The van der Waals surface area contributed by atoms with E-state index in [2.05, 4.69) is 20.6 Å². The standard InChI is InChI=1S/C27H30FN5O5/c28-19-14-29-20-2-4-23(36)33(11-12-34)24(20)18(19)5-6-27-9-7-26(8-10-27,16-38-27)30-13-17-1-3-21-25(31-17)32-22(35)15-37-21/h1-4,14,30,34H,5-13,15-16H2,(H,31,32,35). The number of aliphatic hydroxyl groups is 1. The van der Waals surface area contributed by atoms with Gasteiger partial charge >= 0.3 is 0 Å². The van der Waals surface area contributed by atoms with Gasteiger partial charge in [0.15, 0.2) is 18.2 Å². The molecular weight excluding hydrogens is 493 g/mol. The van der Waals surface area contributed by atoms with E-state index in [0.29, 0.717) is 54.2 Å². The fraction of sp³-hybridized carbons (Fsp3) is 0.481. The Morgan fingerprint density at radius 2 is 2.00 bits per heavy atom. The van der Waals surface area contributed by atoms with Crippen LogP contribution in [0.3, 0.4) is 0 Å². The predicted octanol–water partition coefficient (Wildman–Crippen LogP) is 2.06. The van der Waals surface area contributed by atoms with Gasteiger partial charge in [0.2, 0.25) is 0 Å². The summed E-state index contributed by atoms with van der Waals surface area (Å²) in [6.45, 7) is 0.951. The lowest BCUT2D eigenvalue weighted by atomic mass is 9.69. The summed E-state index contributed by atoms with van der Waals surface area (Å²) in [7, 11) is 0. The number of anilines is 1. The van der Waals surface area contributed by atoms with Gasteiger partial charge in [-0.1, -0.05) is 0 Å². The van der Waals surface area contributed by atoms with Gasteiger partial charge in [-0.05, 0) is 56.7 Å². The second kappa shape index (κ2) is 9.72. The number of nitrogens with zero attached hydrogens (tertiary/aromatic N) is 3. The molecule has 0 unspecified atom stereocenters. The van der Waals surface area contributed by atoms with Crippen molar-refractivity contribution in [3.05, 3.63) is 57.9 Å². The van der Waals surface area contributed by atoms with Gasteiger partial charge in [-0.25, -0.2) is 9.37 Å². The predicted molar refractivity (Wildman–Crippen MR) is 136 cm³/mol. The Labute approximate surface area is 218 Å². The van der Waals surface area contributed by atoms with Crippen LogP contribution in [0.1, 0.15) is 43.4 Å². The SMILES string of the molecule is O=C1COc2ccc(CNC34CCC(CCc5c(F)cnc6ccc(=O)n(CCO)c56)(CC3)OC4)nc2N1. The number of aromatic nitrogens is 3. The van der Waals surface area contributed by atoms with E-state index in [1.165, 1.54) is 16.8 Å². The lowest BCUT2D eigenvalue weighted by Gasteiger charge is -2.53. The maximum atomic E-state index is 15.0. The molecule has 1 aliphatic carbocycles. The van der Waals surface area contributed by atoms with Gasteiger partial charge in [0.1, 0.15) is 5.82 Å². The number of rotatable bonds is 8. The van der Waals surface area contributed by atoms with Crippen molar-refractivity contribution in [2.75, 3.05) is 25.1 Å². The van der Waals surface area contributed by atoms with Crippen LogP contribution in [-0.2, 0) is 29.0 Å². The number of pyridine rings is 3. The van der Waals surface area contributed by atoms with E-state index in [4.69, 9.17) is 9.47 Å². The smallest absolute Gasteiger partial charge is 0.263 e. The molecule has 4 aliphatic rings. The normalized spacial score (nSPS) is 24.2. The zero-order chi connectivity index (χ0) is 26.3. The highest BCUT2D eigenvalue weighted by Crippen LogP contribution is 2.46. The number of hydrogen-bond acceptors (Lipinski definition) is 8. The highest BCUT2D eigenvalue weighted by Gasteiger charge is 2.49. The van der Waals surface area contributed by atoms with Crippen molar-refractivity contribution in [1.82, 2.24) is 19.9 Å². The van der Waals surface area contributed by atoms with E-state index in [9.17, 15) is 19.1 Å². The van der Waals surface area contributed by atoms with Crippen LogP contribution in [0, 0.1) is 5.82 Å². The van der Waals surface area contributed by atoms with E-state index in [-0.39, 0.29) is 42.4 Å². The van der Waals surface area contributed by atoms with Crippen LogP contribution in [0.2, 0.25) is 0 Å². The molecule has 38 heavy (non-hydrogen) atoms. The van der Waals surface area contributed by atoms with Crippen LogP contribution in [0.4, 0.5) is 10.2 Å². The summed E-state index contributed by atoms with van der Waals surface area (Å²) < 4.78 is 28.2. The Bertz CT molecular complexity index is 1430. The fourth-order valence-corrected chi connectivity index (χ4v) is 5.91. The average Bonchev–Trinajstić information content (AvgIpc) is 2.94. The maximum Gasteiger partial charge on any atom is 0.263 e. The Kier molecular flexibility index (Phi) is 6.37. The number of carbonyl (C=O) groups excluding carboxylic acids is 1. The highest BCUT2D eigenvalue weighted by molar-refractivity contribution is 5.94. The van der Waals surface area contributed by atoms with Crippen molar-refractivity contribution in [1.29, 1.82) is 0 Å². The van der Waals surface area contributed by atoms with E-state index in [0.717, 1.165) is 31.4 Å². The molecule has 1 amide bonds. The maximum absolute atomic E-state index is 15.0. The Morgan fingerprint density at radius 1 is 1.16 bits per heavy atom. The fourth-order valence-electron chi connectivity index (χ4n) is 5.91. The molecule has 0 aromatic carbocycles. The summed E-state index contributed by atoms with van der Waals surface area (Å²) in [4.78, 5) is 32.7. The molecular formula is C27H30FN5O5. The lowest BCUT2D eigenvalue weighted by molar-refractivity contribution is -0.165. The molecule has 3 fully saturated rings. The molecule has 2 bridgehead atoms. The minimum atomic E-state index is -0.451. The summed E-state index contributed by atoms with van der Waals surface area (Å²) in [5.74, 6) is 0.352. The molecule has 0 spiro atoms. The molecule has 7 rings (SSSR count). The summed E-state index contributed by atoms with van der Waals surface area (Å²) in [6.07, 6.45) is 5.78. The van der Waals surface area contributed by atoms with Gasteiger partial charge in [0.05, 0.1) is 41.7 Å². The van der Waals surface area contributed by atoms with Crippen molar-refractivity contribution < 1.29 is 23.8 Å². The van der Waals surface area contributed by atoms with Crippen LogP contribution in [-0.4, -0.2) is 56.5 Å². The van der Waals surface area contributed by atoms with Crippen molar-refractivity contribution in [3.63, 3.8) is 0 Å². The number of carbonyl (C=O) groups is 1. The van der Waals surface area contributed by atoms with Gasteiger partial charge < -0.3 is 29.8 Å². The Morgan fingerprint density at radius 3 is 2.76 bits per heavy atom. The molecule has 10 nitrogen and oxygen atoms in total. The molecule has 3 N–H and O–H groups in total. The van der Waals surface area contributed by atoms with E-state index in [1.54, 1.807) is 6.07 Å². The third-order valence-corrected chi connectivity index (χ3v) is 8.16. The molecule has 0 radical (unpaired) electrons. The Balaban J connectivity index is 1.13. The van der Waals surface area contributed by atoms with Crippen molar-refractivity contribution in [3.8, 4) is 5.75 Å². The first-order valence-corrected chi connectivity index (χ1v) is 13.0. The molecule has 3 aliphatic heterocycles. The van der Waals surface area contributed by atoms with Crippen molar-refractivity contribution in [2.24, 2.45) is 0 Å². The van der Waals surface area contributed by atoms with Gasteiger partial charge in [0.25, 0.3) is 11.5 Å². The van der Waals surface area contributed by atoms with Gasteiger partial charge in [0, 0.05) is 30.3 Å². The topological polar surface area (TPSA) is 128 Å². The lowest BCUT2D eigenvalue weighted by Crippen LogP contribution is -2.61. The van der Waals surface area contributed by atoms with E-state index in [1.807, 2.05) is 12.1 Å². The third kappa shape index (κ3) is 4.55. The summed E-state index contributed by atoms with van der Waals surface area (Å²) in [6, 6.07) is 6.71. The number of nitrogens with one attached hydrogen (secondary N) is 2. The second-order valence-corrected chi connectivity index (χ2v) is 10.5. The van der Waals surface area contributed by atoms with Crippen molar-refractivity contribution in [2.45, 2.75) is 62.8 Å². The van der Waals surface area contributed by atoms with E-state index >= 15 is 0 Å². The monoisotopic (exact) mass is 523 g/mol. The van der Waals surface area contributed by atoms with Gasteiger partial charge in [-0.2, -0.15) is 0 Å². The first-order chi connectivity index (χ1) is 18.4. The highest BCUT2D eigenvalue weighted by atomic mass is 19.1. The minimum absolute atomic E-state index is 0.000836. The van der Waals surface area contributed by atoms with E-state index < -0.39 is 5.82 Å². The first kappa shape index (κ1) is 24.9. The van der Waals surface area contributed by atoms with Crippen LogP contribution >= 0.6 is 0 Å². The zero-order valence-electron chi connectivity index (χ0n) is 21.0. The number of fused-ring (bicyclic) bond motifs is 5. The molecule has 200 valence electrons. The first-order valence-electron chi connectivity index (χ1n) is 13.0. The summed E-state index contributed by atoms with van der Waals surface area (Å²) >= 11 is 0. The molecule has 3 aromatic rings. The van der Waals surface area contributed by atoms with Gasteiger partial charge in [-0.15, -0.1) is 0 Å². The molecule has 3 aromatic heterocycles. The largest absolute Gasteiger partial charge is 0.480 e. The number of aryl methyl sites for hydroxylation is 1. The van der Waals surface area contributed by atoms with Crippen LogP contribution in [0.5, 0.6) is 5.75 Å². The van der Waals surface area contributed by atoms with Crippen LogP contribution in [0.25, 0.3) is 11.0 Å². The number of ether oxygens (including phenoxy) is 2. The number of hydrogen-bond donors (Lipinski definition) is 3. The van der Waals surface area contributed by atoms with Gasteiger partial charge in [-0.3, -0.25) is 14.6 Å². The number of halogens is 1. The number of aliphatic hydroxyl groups excluding tert-OH is 1. The Hall–Kier alpha value is -3.41. The minimum Gasteiger partial charge on any atom is -0.480 e. The molecule has 6 heterocycles. The summed E-state index contributed by atoms with van der Waals surface area (Å²) in [5, 5.41) is 15.8. The quantitative estimate of drug-likeness (QED) is 0.410. The molecule has 1 saturated carbocycles. The van der Waals surface area contributed by atoms with Crippen LogP contribution < -0.4 is 20.9 Å². The van der Waals surface area contributed by atoms with Crippen LogP contribution in [0.15, 0.2) is 35.3 Å². The third-order valence-electron chi connectivity index (χ3n) is 8.16. The molecule has 11 heteroatoms. The van der Waals surface area contributed by atoms with Crippen molar-refractivity contribution >= 4 is 22.8 Å². The molecule has 0 atom stereocenters. The second-order valence-electron chi connectivity index (χ2n) is 10.5. The zero-order valence-corrected chi connectivity index (χ0v) is 21.0. The average molecular weight is 524 g/mol. The summed E-state index contributed by atoms with van der Waals surface area (Å²) in [5.41, 5.74) is 1.44. The number of amides is 1. The molecule has 2 saturated heterocycles.